The van der Waals surface area contributed by atoms with Crippen LogP contribution in [0.5, 0.6) is 0 Å². The lowest BCUT2D eigenvalue weighted by molar-refractivity contribution is -0.117. The Kier molecular flexibility index (Phi) is 5.22. The minimum absolute atomic E-state index is 0.0370. The summed E-state index contributed by atoms with van der Waals surface area (Å²) >= 11 is 5.95. The standard InChI is InChI=1S/C21H16ClFN4O2/c22-15-3-4-18(23)17(9-15)14-7-16(11-24-10-14)26-21(29)13-5-6-25-19(8-13)27-20(28)12-1-2-12/h3-12H,1-2H2,(H,26,29)(H,25,27,28). The van der Waals surface area contributed by atoms with Crippen LogP contribution in [0.15, 0.2) is 55.0 Å². The summed E-state index contributed by atoms with van der Waals surface area (Å²) in [6.45, 7) is 0. The van der Waals surface area contributed by atoms with Gasteiger partial charge in [0.25, 0.3) is 5.91 Å². The maximum absolute atomic E-state index is 14.1. The number of carbonyl (C=O) groups is 2. The molecule has 1 aliphatic carbocycles. The molecular formula is C21H16ClFN4O2. The molecule has 0 unspecified atom stereocenters. The third kappa shape index (κ3) is 4.57. The topological polar surface area (TPSA) is 84.0 Å². The fourth-order valence-corrected chi connectivity index (χ4v) is 2.96. The molecule has 2 amide bonds. The minimum Gasteiger partial charge on any atom is -0.321 e. The molecule has 2 heterocycles. The van der Waals surface area contributed by atoms with Gasteiger partial charge in [-0.25, -0.2) is 9.37 Å². The first-order valence-corrected chi connectivity index (χ1v) is 9.36. The van der Waals surface area contributed by atoms with Gasteiger partial charge in [-0.05, 0) is 49.2 Å². The van der Waals surface area contributed by atoms with Crippen molar-refractivity contribution in [3.8, 4) is 11.1 Å². The van der Waals surface area contributed by atoms with Gasteiger partial charge in [-0.2, -0.15) is 0 Å². The Bertz CT molecular complexity index is 1100. The van der Waals surface area contributed by atoms with Gasteiger partial charge in [0, 0.05) is 40.0 Å². The number of pyridine rings is 2. The molecule has 0 atom stereocenters. The summed E-state index contributed by atoms with van der Waals surface area (Å²) in [5.41, 5.74) is 1.49. The van der Waals surface area contributed by atoms with E-state index < -0.39 is 11.7 Å². The maximum atomic E-state index is 14.1. The molecular weight excluding hydrogens is 395 g/mol. The number of aromatic nitrogens is 2. The second-order valence-electron chi connectivity index (χ2n) is 6.73. The summed E-state index contributed by atoms with van der Waals surface area (Å²) < 4.78 is 14.1. The van der Waals surface area contributed by atoms with Crippen LogP contribution >= 0.6 is 11.6 Å². The summed E-state index contributed by atoms with van der Waals surface area (Å²) in [6.07, 6.45) is 6.15. The van der Waals surface area contributed by atoms with Gasteiger partial charge in [0.1, 0.15) is 11.6 Å². The molecule has 3 aromatic rings. The molecule has 1 aromatic carbocycles. The molecule has 1 fully saturated rings. The number of benzene rings is 1. The van der Waals surface area contributed by atoms with E-state index in [-0.39, 0.29) is 17.4 Å². The maximum Gasteiger partial charge on any atom is 0.255 e. The first-order valence-electron chi connectivity index (χ1n) is 8.98. The van der Waals surface area contributed by atoms with Crippen LogP contribution in [0, 0.1) is 11.7 Å². The van der Waals surface area contributed by atoms with Crippen molar-refractivity contribution < 1.29 is 14.0 Å². The van der Waals surface area contributed by atoms with Crippen LogP contribution < -0.4 is 10.6 Å². The second kappa shape index (κ2) is 7.97. The molecule has 6 nitrogen and oxygen atoms in total. The van der Waals surface area contributed by atoms with Gasteiger partial charge in [-0.3, -0.25) is 14.6 Å². The second-order valence-corrected chi connectivity index (χ2v) is 7.17. The van der Waals surface area contributed by atoms with Crippen molar-refractivity contribution in [3.05, 3.63) is 71.4 Å². The number of nitrogens with zero attached hydrogens (tertiary/aromatic N) is 2. The molecule has 2 aromatic heterocycles. The third-order valence-corrected chi connectivity index (χ3v) is 4.69. The first-order chi connectivity index (χ1) is 14.0. The fourth-order valence-electron chi connectivity index (χ4n) is 2.79. The Morgan fingerprint density at radius 3 is 2.69 bits per heavy atom. The van der Waals surface area contributed by atoms with Crippen LogP contribution in [0.3, 0.4) is 0 Å². The van der Waals surface area contributed by atoms with Gasteiger partial charge in [0.05, 0.1) is 11.9 Å². The highest BCUT2D eigenvalue weighted by molar-refractivity contribution is 6.30. The molecule has 1 saturated carbocycles. The number of hydrogen-bond donors (Lipinski definition) is 2. The molecule has 2 N–H and O–H groups in total. The summed E-state index contributed by atoms with van der Waals surface area (Å²) in [7, 11) is 0. The molecule has 29 heavy (non-hydrogen) atoms. The van der Waals surface area contributed by atoms with Crippen molar-refractivity contribution in [3.63, 3.8) is 0 Å². The van der Waals surface area contributed by atoms with Crippen molar-refractivity contribution >= 4 is 34.9 Å². The zero-order valence-electron chi connectivity index (χ0n) is 15.2. The lowest BCUT2D eigenvalue weighted by Crippen LogP contribution is -2.16. The fraction of sp³-hybridized carbons (Fsp3) is 0.143. The van der Waals surface area contributed by atoms with Crippen molar-refractivity contribution in [2.45, 2.75) is 12.8 Å². The zero-order valence-corrected chi connectivity index (χ0v) is 15.9. The summed E-state index contributed by atoms with van der Waals surface area (Å²) in [4.78, 5) is 32.6. The number of rotatable bonds is 5. The minimum atomic E-state index is -0.440. The highest BCUT2D eigenvalue weighted by Gasteiger charge is 2.29. The van der Waals surface area contributed by atoms with Gasteiger partial charge < -0.3 is 10.6 Å². The van der Waals surface area contributed by atoms with E-state index in [9.17, 15) is 14.0 Å². The van der Waals surface area contributed by atoms with Crippen LogP contribution in [-0.4, -0.2) is 21.8 Å². The number of hydrogen-bond acceptors (Lipinski definition) is 4. The monoisotopic (exact) mass is 410 g/mol. The normalized spacial score (nSPS) is 13.0. The smallest absolute Gasteiger partial charge is 0.255 e. The average molecular weight is 411 g/mol. The van der Waals surface area contributed by atoms with Crippen LogP contribution in [0.1, 0.15) is 23.2 Å². The van der Waals surface area contributed by atoms with E-state index in [1.165, 1.54) is 48.9 Å². The van der Waals surface area contributed by atoms with Crippen molar-refractivity contribution in [1.29, 1.82) is 0 Å². The van der Waals surface area contributed by atoms with Gasteiger partial charge in [0.2, 0.25) is 5.91 Å². The Hall–Kier alpha value is -3.32. The van der Waals surface area contributed by atoms with E-state index in [1.807, 2.05) is 0 Å². The number of amides is 2. The van der Waals surface area contributed by atoms with Crippen LogP contribution in [0.25, 0.3) is 11.1 Å². The summed E-state index contributed by atoms with van der Waals surface area (Å²) in [6, 6.07) is 8.88. The molecule has 0 saturated heterocycles. The van der Waals surface area contributed by atoms with Gasteiger partial charge in [-0.15, -0.1) is 0 Å². The molecule has 0 radical (unpaired) electrons. The number of carbonyl (C=O) groups excluding carboxylic acids is 2. The van der Waals surface area contributed by atoms with Gasteiger partial charge >= 0.3 is 0 Å². The largest absolute Gasteiger partial charge is 0.321 e. The van der Waals surface area contributed by atoms with Crippen molar-refractivity contribution in [2.75, 3.05) is 10.6 Å². The summed E-state index contributed by atoms with van der Waals surface area (Å²) in [5.74, 6) is -0.572. The van der Waals surface area contributed by atoms with Crippen LogP contribution in [0.4, 0.5) is 15.9 Å². The van der Waals surface area contributed by atoms with E-state index in [0.29, 0.717) is 27.7 Å². The number of nitrogens with one attached hydrogen (secondary N) is 2. The van der Waals surface area contributed by atoms with E-state index in [2.05, 4.69) is 20.6 Å². The first kappa shape index (κ1) is 19.0. The third-order valence-electron chi connectivity index (χ3n) is 4.46. The Morgan fingerprint density at radius 1 is 1.07 bits per heavy atom. The van der Waals surface area contributed by atoms with E-state index in [0.717, 1.165) is 12.8 Å². The lowest BCUT2D eigenvalue weighted by atomic mass is 10.1. The van der Waals surface area contributed by atoms with Crippen molar-refractivity contribution in [2.24, 2.45) is 5.92 Å². The summed E-state index contributed by atoms with van der Waals surface area (Å²) in [5, 5.41) is 5.83. The van der Waals surface area contributed by atoms with E-state index >= 15 is 0 Å². The SMILES string of the molecule is O=C(Nc1cncc(-c2cc(Cl)ccc2F)c1)c1ccnc(NC(=O)C2CC2)c1. The lowest BCUT2D eigenvalue weighted by Gasteiger charge is -2.09. The average Bonchev–Trinajstić information content (AvgIpc) is 3.56. The van der Waals surface area contributed by atoms with Gasteiger partial charge in [0.15, 0.2) is 0 Å². The molecule has 1 aliphatic rings. The Balaban J connectivity index is 1.51. The predicted molar refractivity (Wildman–Crippen MR) is 108 cm³/mol. The quantitative estimate of drug-likeness (QED) is 0.647. The molecule has 0 aliphatic heterocycles. The predicted octanol–water partition coefficient (Wildman–Crippen LogP) is 4.54. The molecule has 0 bridgehead atoms. The van der Waals surface area contributed by atoms with E-state index in [1.54, 1.807) is 6.07 Å². The Labute approximate surface area is 171 Å². The number of anilines is 2. The molecule has 0 spiro atoms. The molecule has 4 rings (SSSR count). The van der Waals surface area contributed by atoms with Crippen molar-refractivity contribution in [1.82, 2.24) is 9.97 Å². The Morgan fingerprint density at radius 2 is 1.90 bits per heavy atom. The van der Waals surface area contributed by atoms with Gasteiger partial charge in [-0.1, -0.05) is 11.6 Å². The van der Waals surface area contributed by atoms with Crippen LogP contribution in [-0.2, 0) is 4.79 Å². The molecule has 146 valence electrons. The highest BCUT2D eigenvalue weighted by Crippen LogP contribution is 2.30. The van der Waals surface area contributed by atoms with Crippen LogP contribution in [0.2, 0.25) is 5.02 Å². The highest BCUT2D eigenvalue weighted by atomic mass is 35.5. The number of halogens is 2. The van der Waals surface area contributed by atoms with E-state index in [4.69, 9.17) is 11.6 Å². The zero-order chi connectivity index (χ0) is 20.4. The molecule has 8 heteroatoms.